The molecular weight excluding hydrogens is 180 g/mol. The standard InChI is InChI=1S/C10H14N2O2/c1-2-11-10(14)12-7-8-3-5-9(13)6-4-8/h3-6,13H,2,7H2,1H3,(H2,11,12,14). The zero-order valence-electron chi connectivity index (χ0n) is 8.08. The van der Waals surface area contributed by atoms with Gasteiger partial charge in [0, 0.05) is 13.1 Å². The highest BCUT2D eigenvalue weighted by atomic mass is 16.3. The van der Waals surface area contributed by atoms with Crippen LogP contribution in [-0.4, -0.2) is 17.7 Å². The molecule has 0 aliphatic heterocycles. The zero-order chi connectivity index (χ0) is 10.4. The van der Waals surface area contributed by atoms with Crippen LogP contribution in [0.15, 0.2) is 24.3 Å². The maximum absolute atomic E-state index is 11.0. The number of carbonyl (C=O) groups excluding carboxylic acids is 1. The predicted molar refractivity (Wildman–Crippen MR) is 54.0 cm³/mol. The Morgan fingerprint density at radius 2 is 1.93 bits per heavy atom. The van der Waals surface area contributed by atoms with Gasteiger partial charge < -0.3 is 15.7 Å². The third-order valence-corrected chi connectivity index (χ3v) is 1.73. The summed E-state index contributed by atoms with van der Waals surface area (Å²) in [7, 11) is 0. The van der Waals surface area contributed by atoms with E-state index >= 15 is 0 Å². The van der Waals surface area contributed by atoms with Gasteiger partial charge in [0.05, 0.1) is 0 Å². The van der Waals surface area contributed by atoms with Crippen LogP contribution in [0, 0.1) is 0 Å². The Balaban J connectivity index is 2.38. The van der Waals surface area contributed by atoms with Crippen LogP contribution < -0.4 is 10.6 Å². The lowest BCUT2D eigenvalue weighted by Gasteiger charge is -2.05. The summed E-state index contributed by atoms with van der Waals surface area (Å²) < 4.78 is 0. The number of benzene rings is 1. The molecule has 0 aromatic heterocycles. The second-order valence-electron chi connectivity index (χ2n) is 2.88. The van der Waals surface area contributed by atoms with Crippen molar-refractivity contribution in [2.24, 2.45) is 0 Å². The van der Waals surface area contributed by atoms with Crippen molar-refractivity contribution in [1.82, 2.24) is 10.6 Å². The molecule has 1 aromatic rings. The van der Waals surface area contributed by atoms with Crippen molar-refractivity contribution in [2.45, 2.75) is 13.5 Å². The second-order valence-corrected chi connectivity index (χ2v) is 2.88. The van der Waals surface area contributed by atoms with Crippen molar-refractivity contribution in [3.05, 3.63) is 29.8 Å². The molecule has 1 rings (SSSR count). The van der Waals surface area contributed by atoms with E-state index in [0.29, 0.717) is 13.1 Å². The minimum atomic E-state index is -0.180. The molecule has 4 nitrogen and oxygen atoms in total. The zero-order valence-corrected chi connectivity index (χ0v) is 8.08. The number of carbonyl (C=O) groups is 1. The van der Waals surface area contributed by atoms with Crippen molar-refractivity contribution in [3.8, 4) is 5.75 Å². The molecule has 1 aromatic carbocycles. The molecule has 0 spiro atoms. The van der Waals surface area contributed by atoms with Gasteiger partial charge in [0.25, 0.3) is 0 Å². The highest BCUT2D eigenvalue weighted by Crippen LogP contribution is 2.08. The van der Waals surface area contributed by atoms with Crippen LogP contribution in [0.25, 0.3) is 0 Å². The van der Waals surface area contributed by atoms with Gasteiger partial charge in [0.15, 0.2) is 0 Å². The fourth-order valence-corrected chi connectivity index (χ4v) is 1.02. The Hall–Kier alpha value is -1.71. The lowest BCUT2D eigenvalue weighted by Crippen LogP contribution is -2.34. The van der Waals surface area contributed by atoms with Gasteiger partial charge >= 0.3 is 6.03 Å². The van der Waals surface area contributed by atoms with Crippen LogP contribution in [0.3, 0.4) is 0 Å². The van der Waals surface area contributed by atoms with Gasteiger partial charge in [-0.2, -0.15) is 0 Å². The molecule has 0 heterocycles. The number of aromatic hydroxyl groups is 1. The first-order chi connectivity index (χ1) is 6.72. The van der Waals surface area contributed by atoms with E-state index in [1.54, 1.807) is 24.3 Å². The van der Waals surface area contributed by atoms with Crippen LogP contribution >= 0.6 is 0 Å². The van der Waals surface area contributed by atoms with Crippen LogP contribution in [0.5, 0.6) is 5.75 Å². The number of hydrogen-bond donors (Lipinski definition) is 3. The van der Waals surface area contributed by atoms with E-state index in [9.17, 15) is 4.79 Å². The van der Waals surface area contributed by atoms with E-state index < -0.39 is 0 Å². The smallest absolute Gasteiger partial charge is 0.315 e. The first-order valence-corrected chi connectivity index (χ1v) is 4.52. The van der Waals surface area contributed by atoms with Crippen LogP contribution in [0.1, 0.15) is 12.5 Å². The van der Waals surface area contributed by atoms with E-state index in [1.807, 2.05) is 6.92 Å². The van der Waals surface area contributed by atoms with Crippen molar-refractivity contribution < 1.29 is 9.90 Å². The summed E-state index contributed by atoms with van der Waals surface area (Å²) in [5.74, 6) is 0.228. The van der Waals surface area contributed by atoms with E-state index in [2.05, 4.69) is 10.6 Å². The third kappa shape index (κ3) is 3.35. The van der Waals surface area contributed by atoms with Crippen molar-refractivity contribution in [1.29, 1.82) is 0 Å². The van der Waals surface area contributed by atoms with Gasteiger partial charge in [-0.05, 0) is 24.6 Å². The molecule has 0 bridgehead atoms. The molecule has 0 fully saturated rings. The topological polar surface area (TPSA) is 61.4 Å². The number of amides is 2. The maximum atomic E-state index is 11.0. The Labute approximate surface area is 82.9 Å². The van der Waals surface area contributed by atoms with Crippen molar-refractivity contribution in [3.63, 3.8) is 0 Å². The fraction of sp³-hybridized carbons (Fsp3) is 0.300. The normalized spacial score (nSPS) is 9.50. The van der Waals surface area contributed by atoms with Gasteiger partial charge in [0.1, 0.15) is 5.75 Å². The van der Waals surface area contributed by atoms with Gasteiger partial charge in [-0.15, -0.1) is 0 Å². The van der Waals surface area contributed by atoms with E-state index in [0.717, 1.165) is 5.56 Å². The second kappa shape index (κ2) is 5.11. The summed E-state index contributed by atoms with van der Waals surface area (Å²) in [5.41, 5.74) is 0.953. The van der Waals surface area contributed by atoms with Crippen molar-refractivity contribution in [2.75, 3.05) is 6.54 Å². The molecule has 0 unspecified atom stereocenters. The largest absolute Gasteiger partial charge is 0.508 e. The number of rotatable bonds is 3. The first kappa shape index (κ1) is 10.4. The monoisotopic (exact) mass is 194 g/mol. The van der Waals surface area contributed by atoms with Crippen LogP contribution in [-0.2, 0) is 6.54 Å². The van der Waals surface area contributed by atoms with Crippen LogP contribution in [0.2, 0.25) is 0 Å². The Bertz CT molecular complexity index is 295. The number of nitrogens with one attached hydrogen (secondary N) is 2. The van der Waals surface area contributed by atoms with E-state index in [1.165, 1.54) is 0 Å². The summed E-state index contributed by atoms with van der Waals surface area (Å²) in [4.78, 5) is 11.0. The molecule has 14 heavy (non-hydrogen) atoms. The summed E-state index contributed by atoms with van der Waals surface area (Å²) in [6, 6.07) is 6.53. The highest BCUT2D eigenvalue weighted by Gasteiger charge is 1.97. The van der Waals surface area contributed by atoms with Gasteiger partial charge in [-0.1, -0.05) is 12.1 Å². The average molecular weight is 194 g/mol. The van der Waals surface area contributed by atoms with Gasteiger partial charge in [-0.3, -0.25) is 0 Å². The predicted octanol–water partition coefficient (Wildman–Crippen LogP) is 1.21. The Morgan fingerprint density at radius 1 is 1.29 bits per heavy atom. The average Bonchev–Trinajstić information content (AvgIpc) is 2.17. The molecule has 76 valence electrons. The molecule has 0 saturated carbocycles. The molecular formula is C10H14N2O2. The minimum Gasteiger partial charge on any atom is -0.508 e. The first-order valence-electron chi connectivity index (χ1n) is 4.52. The minimum absolute atomic E-state index is 0.180. The molecule has 2 amide bonds. The quantitative estimate of drug-likeness (QED) is 0.677. The van der Waals surface area contributed by atoms with Crippen molar-refractivity contribution >= 4 is 6.03 Å². The number of hydrogen-bond acceptors (Lipinski definition) is 2. The molecule has 0 aliphatic rings. The number of urea groups is 1. The summed E-state index contributed by atoms with van der Waals surface area (Å²) >= 11 is 0. The van der Waals surface area contributed by atoms with Gasteiger partial charge in [0.2, 0.25) is 0 Å². The highest BCUT2D eigenvalue weighted by molar-refractivity contribution is 5.73. The van der Waals surface area contributed by atoms with E-state index in [-0.39, 0.29) is 11.8 Å². The summed E-state index contributed by atoms with van der Waals surface area (Å²) in [5, 5.41) is 14.3. The maximum Gasteiger partial charge on any atom is 0.315 e. The van der Waals surface area contributed by atoms with E-state index in [4.69, 9.17) is 5.11 Å². The molecule has 0 saturated heterocycles. The summed E-state index contributed by atoms with van der Waals surface area (Å²) in [6.07, 6.45) is 0. The number of phenolic OH excluding ortho intramolecular Hbond substituents is 1. The molecule has 0 radical (unpaired) electrons. The Morgan fingerprint density at radius 3 is 2.50 bits per heavy atom. The lowest BCUT2D eigenvalue weighted by molar-refractivity contribution is 0.241. The fourth-order valence-electron chi connectivity index (χ4n) is 1.02. The summed E-state index contributed by atoms with van der Waals surface area (Å²) in [6.45, 7) is 2.94. The molecule has 0 atom stereocenters. The van der Waals surface area contributed by atoms with Crippen LogP contribution in [0.4, 0.5) is 4.79 Å². The lowest BCUT2D eigenvalue weighted by atomic mass is 10.2. The molecule has 0 aliphatic carbocycles. The number of phenols is 1. The Kier molecular flexibility index (Phi) is 3.79. The molecule has 4 heteroatoms. The SMILES string of the molecule is CCNC(=O)NCc1ccc(O)cc1. The van der Waals surface area contributed by atoms with Gasteiger partial charge in [-0.25, -0.2) is 4.79 Å². The molecule has 3 N–H and O–H groups in total. The third-order valence-electron chi connectivity index (χ3n) is 1.73.